The Hall–Kier alpha value is -1.67. The van der Waals surface area contributed by atoms with Crippen molar-refractivity contribution in [1.82, 2.24) is 4.72 Å². The van der Waals surface area contributed by atoms with Gasteiger partial charge < -0.3 is 5.73 Å². The minimum Gasteiger partial charge on any atom is -0.393 e. The minimum atomic E-state index is -3.64. The highest BCUT2D eigenvalue weighted by atomic mass is 32.2. The standard InChI is InChI=1S/C10H13N3O4S/c11-9-6-8(4-5-10(9)13(14)15)18(16,17)12-7-2-1-3-7/h4-7,12H,1-3,11H2. The van der Waals surface area contributed by atoms with E-state index in [9.17, 15) is 18.5 Å². The molecule has 1 saturated carbocycles. The Balaban J connectivity index is 2.27. The van der Waals surface area contributed by atoms with Gasteiger partial charge in [-0.3, -0.25) is 10.1 Å². The number of hydrogen-bond acceptors (Lipinski definition) is 5. The maximum absolute atomic E-state index is 11.9. The summed E-state index contributed by atoms with van der Waals surface area (Å²) in [4.78, 5) is 9.88. The minimum absolute atomic E-state index is 0.0357. The molecule has 0 atom stereocenters. The third kappa shape index (κ3) is 2.44. The smallest absolute Gasteiger partial charge is 0.292 e. The quantitative estimate of drug-likeness (QED) is 0.481. The summed E-state index contributed by atoms with van der Waals surface area (Å²) in [5.74, 6) is 0. The molecule has 7 nitrogen and oxygen atoms in total. The number of rotatable bonds is 4. The van der Waals surface area contributed by atoms with Crippen molar-refractivity contribution in [3.05, 3.63) is 28.3 Å². The summed E-state index contributed by atoms with van der Waals surface area (Å²) in [5, 5.41) is 10.6. The first kappa shape index (κ1) is 12.8. The molecular weight excluding hydrogens is 258 g/mol. The molecule has 0 unspecified atom stereocenters. The molecular formula is C10H13N3O4S. The second-order valence-corrected chi connectivity index (χ2v) is 5.94. The van der Waals surface area contributed by atoms with Crippen LogP contribution in [0.5, 0.6) is 0 Å². The molecule has 2 rings (SSSR count). The molecule has 1 aromatic carbocycles. The van der Waals surface area contributed by atoms with Gasteiger partial charge in [0, 0.05) is 12.1 Å². The summed E-state index contributed by atoms with van der Waals surface area (Å²) in [6.07, 6.45) is 2.65. The van der Waals surface area contributed by atoms with Crippen LogP contribution in [0.4, 0.5) is 11.4 Å². The maximum Gasteiger partial charge on any atom is 0.292 e. The second-order valence-electron chi connectivity index (χ2n) is 4.23. The number of nitro benzene ring substituents is 1. The van der Waals surface area contributed by atoms with E-state index < -0.39 is 14.9 Å². The van der Waals surface area contributed by atoms with E-state index in [0.717, 1.165) is 31.4 Å². The Kier molecular flexibility index (Phi) is 3.22. The zero-order chi connectivity index (χ0) is 13.3. The van der Waals surface area contributed by atoms with Gasteiger partial charge in [0.15, 0.2) is 0 Å². The SMILES string of the molecule is Nc1cc(S(=O)(=O)NC2CCC2)ccc1[N+](=O)[O-]. The van der Waals surface area contributed by atoms with E-state index in [1.807, 2.05) is 0 Å². The van der Waals surface area contributed by atoms with Crippen molar-refractivity contribution in [2.24, 2.45) is 0 Å². The normalized spacial score (nSPS) is 16.2. The molecule has 0 radical (unpaired) electrons. The number of nitrogens with two attached hydrogens (primary N) is 1. The molecule has 0 aromatic heterocycles. The largest absolute Gasteiger partial charge is 0.393 e. The number of nitrogens with zero attached hydrogens (tertiary/aromatic N) is 1. The molecule has 0 bridgehead atoms. The van der Waals surface area contributed by atoms with E-state index in [2.05, 4.69) is 4.72 Å². The lowest BCUT2D eigenvalue weighted by Gasteiger charge is -2.26. The first-order valence-corrected chi connectivity index (χ1v) is 6.95. The van der Waals surface area contributed by atoms with Crippen LogP contribution >= 0.6 is 0 Å². The molecule has 1 aromatic rings. The predicted octanol–water partition coefficient (Wildman–Crippen LogP) is 1.01. The molecule has 1 fully saturated rings. The molecule has 0 saturated heterocycles. The molecule has 1 aliphatic carbocycles. The molecule has 18 heavy (non-hydrogen) atoms. The van der Waals surface area contributed by atoms with Crippen LogP contribution in [0.1, 0.15) is 19.3 Å². The van der Waals surface area contributed by atoms with Gasteiger partial charge in [0.2, 0.25) is 10.0 Å². The number of hydrogen-bond donors (Lipinski definition) is 2. The molecule has 0 amide bonds. The fourth-order valence-corrected chi connectivity index (χ4v) is 3.02. The lowest BCUT2D eigenvalue weighted by atomic mass is 9.94. The molecule has 0 heterocycles. The zero-order valence-electron chi connectivity index (χ0n) is 9.50. The van der Waals surface area contributed by atoms with Crippen molar-refractivity contribution in [2.75, 3.05) is 5.73 Å². The average molecular weight is 271 g/mol. The molecule has 3 N–H and O–H groups in total. The summed E-state index contributed by atoms with van der Waals surface area (Å²) in [7, 11) is -3.64. The van der Waals surface area contributed by atoms with Gasteiger partial charge in [0.05, 0.1) is 9.82 Å². The topological polar surface area (TPSA) is 115 Å². The zero-order valence-corrected chi connectivity index (χ0v) is 10.3. The summed E-state index contributed by atoms with van der Waals surface area (Å²) in [6.45, 7) is 0. The Labute approximate surface area is 104 Å². The number of benzene rings is 1. The van der Waals surface area contributed by atoms with Gasteiger partial charge in [-0.05, 0) is 25.0 Å². The van der Waals surface area contributed by atoms with Crippen molar-refractivity contribution >= 4 is 21.4 Å². The average Bonchev–Trinajstić information content (AvgIpc) is 2.23. The lowest BCUT2D eigenvalue weighted by molar-refractivity contribution is -0.383. The number of nitrogen functional groups attached to an aromatic ring is 1. The van der Waals surface area contributed by atoms with Gasteiger partial charge in [-0.2, -0.15) is 0 Å². The third-order valence-corrected chi connectivity index (χ3v) is 4.45. The highest BCUT2D eigenvalue weighted by Gasteiger charge is 2.25. The van der Waals surface area contributed by atoms with Crippen LogP contribution in [0, 0.1) is 10.1 Å². The highest BCUT2D eigenvalue weighted by molar-refractivity contribution is 7.89. The van der Waals surface area contributed by atoms with Crippen LogP contribution in [0.15, 0.2) is 23.1 Å². The van der Waals surface area contributed by atoms with Crippen LogP contribution in [0.2, 0.25) is 0 Å². The summed E-state index contributed by atoms with van der Waals surface area (Å²) in [6, 6.07) is 3.37. The molecule has 0 aliphatic heterocycles. The van der Waals surface area contributed by atoms with Crippen molar-refractivity contribution in [2.45, 2.75) is 30.2 Å². The monoisotopic (exact) mass is 271 g/mol. The maximum atomic E-state index is 11.9. The number of nitro groups is 1. The highest BCUT2D eigenvalue weighted by Crippen LogP contribution is 2.26. The Bertz CT molecular complexity index is 581. The van der Waals surface area contributed by atoms with Gasteiger partial charge in [0.25, 0.3) is 5.69 Å². The number of sulfonamides is 1. The van der Waals surface area contributed by atoms with E-state index in [4.69, 9.17) is 5.73 Å². The van der Waals surface area contributed by atoms with Gasteiger partial charge in [-0.15, -0.1) is 0 Å². The number of anilines is 1. The van der Waals surface area contributed by atoms with E-state index in [-0.39, 0.29) is 22.3 Å². The van der Waals surface area contributed by atoms with E-state index in [1.165, 1.54) is 6.07 Å². The van der Waals surface area contributed by atoms with Gasteiger partial charge in [-0.1, -0.05) is 6.42 Å². The first-order valence-electron chi connectivity index (χ1n) is 5.46. The molecule has 0 spiro atoms. The van der Waals surface area contributed by atoms with E-state index in [1.54, 1.807) is 0 Å². The van der Waals surface area contributed by atoms with Crippen LogP contribution in [0.3, 0.4) is 0 Å². The Morgan fingerprint density at radius 2 is 2.06 bits per heavy atom. The third-order valence-electron chi connectivity index (χ3n) is 2.93. The second kappa shape index (κ2) is 4.54. The fourth-order valence-electron chi connectivity index (χ4n) is 1.68. The van der Waals surface area contributed by atoms with Crippen LogP contribution < -0.4 is 10.5 Å². The number of nitrogens with one attached hydrogen (secondary N) is 1. The van der Waals surface area contributed by atoms with Crippen LogP contribution in [0.25, 0.3) is 0 Å². The van der Waals surface area contributed by atoms with Gasteiger partial charge in [-0.25, -0.2) is 13.1 Å². The summed E-state index contributed by atoms with van der Waals surface area (Å²) >= 11 is 0. The first-order chi connectivity index (χ1) is 8.40. The summed E-state index contributed by atoms with van der Waals surface area (Å²) in [5.41, 5.74) is 5.01. The van der Waals surface area contributed by atoms with Crippen molar-refractivity contribution in [1.29, 1.82) is 0 Å². The van der Waals surface area contributed by atoms with E-state index >= 15 is 0 Å². The van der Waals surface area contributed by atoms with E-state index in [0.29, 0.717) is 0 Å². The molecule has 8 heteroatoms. The van der Waals surface area contributed by atoms with Crippen LogP contribution in [-0.2, 0) is 10.0 Å². The van der Waals surface area contributed by atoms with Crippen molar-refractivity contribution < 1.29 is 13.3 Å². The van der Waals surface area contributed by atoms with Gasteiger partial charge >= 0.3 is 0 Å². The Morgan fingerprint density at radius 1 is 1.39 bits per heavy atom. The molecule has 1 aliphatic rings. The molecule has 98 valence electrons. The van der Waals surface area contributed by atoms with Gasteiger partial charge in [0.1, 0.15) is 5.69 Å². The van der Waals surface area contributed by atoms with Crippen molar-refractivity contribution in [3.63, 3.8) is 0 Å². The predicted molar refractivity (Wildman–Crippen MR) is 65.5 cm³/mol. The summed E-state index contributed by atoms with van der Waals surface area (Å²) < 4.78 is 26.4. The Morgan fingerprint density at radius 3 is 2.50 bits per heavy atom. The lowest BCUT2D eigenvalue weighted by Crippen LogP contribution is -2.39. The van der Waals surface area contributed by atoms with Crippen LogP contribution in [-0.4, -0.2) is 19.4 Å². The fraction of sp³-hybridized carbons (Fsp3) is 0.400. The van der Waals surface area contributed by atoms with Crippen molar-refractivity contribution in [3.8, 4) is 0 Å².